The van der Waals surface area contributed by atoms with Crippen molar-refractivity contribution in [2.45, 2.75) is 13.8 Å². The third kappa shape index (κ3) is 465. The van der Waals surface area contributed by atoms with Gasteiger partial charge in [-0.3, -0.25) is 0 Å². The van der Waals surface area contributed by atoms with Gasteiger partial charge < -0.3 is 0 Å². The van der Waals surface area contributed by atoms with E-state index in [0.717, 1.165) is 0 Å². The molecule has 0 aliphatic heterocycles. The Morgan fingerprint density at radius 3 is 0.778 bits per heavy atom. The summed E-state index contributed by atoms with van der Waals surface area (Å²) in [5.74, 6) is 0. The van der Waals surface area contributed by atoms with Gasteiger partial charge in [-0.1, -0.05) is 0 Å². The fourth-order valence-corrected chi connectivity index (χ4v) is 0. The molecule has 0 spiro atoms. The van der Waals surface area contributed by atoms with Crippen LogP contribution in [0.4, 0.5) is 0 Å². The maximum absolute atomic E-state index is 7.32. The Labute approximate surface area is 97.0 Å². The molecule has 0 aromatic rings. The van der Waals surface area contributed by atoms with Gasteiger partial charge in [0.15, 0.2) is 0 Å². The molecule has 0 aliphatic rings. The van der Waals surface area contributed by atoms with Gasteiger partial charge in [0.1, 0.15) is 0 Å². The second-order valence-electron chi connectivity index (χ2n) is 0.447. The van der Waals surface area contributed by atoms with Crippen molar-refractivity contribution in [3.8, 4) is 12.1 Å². The van der Waals surface area contributed by atoms with Crippen LogP contribution in [-0.4, -0.2) is 0 Å². The van der Waals surface area contributed by atoms with Gasteiger partial charge in [-0.2, -0.15) is 10.5 Å². The van der Waals surface area contributed by atoms with Crippen LogP contribution in [0.3, 0.4) is 0 Å². The second-order valence-corrected chi connectivity index (χ2v) is 0.447. The van der Waals surface area contributed by atoms with Crippen molar-refractivity contribution in [2.75, 3.05) is 0 Å². The van der Waals surface area contributed by atoms with Crippen LogP contribution in [0.25, 0.3) is 0 Å². The van der Waals surface area contributed by atoms with E-state index < -0.39 is 0 Å². The van der Waals surface area contributed by atoms with Gasteiger partial charge in [-0.15, -0.1) is 0 Å². The van der Waals surface area contributed by atoms with Crippen LogP contribution >= 0.6 is 0 Å². The summed E-state index contributed by atoms with van der Waals surface area (Å²) in [6, 6.07) is 3.50. The van der Waals surface area contributed by atoms with Gasteiger partial charge in [0, 0.05) is 75.1 Å². The summed E-state index contributed by atoms with van der Waals surface area (Å²) in [5, 5.41) is 14.6. The number of nitrogens with zero attached hydrogens (tertiary/aromatic N) is 2. The zero-order chi connectivity index (χ0) is 5.41. The minimum Gasteiger partial charge on any atom is -0.199 e. The van der Waals surface area contributed by atoms with Gasteiger partial charge in [-0.05, 0) is 0 Å². The summed E-state index contributed by atoms with van der Waals surface area (Å²) in [7, 11) is 0. The van der Waals surface area contributed by atoms with E-state index in [2.05, 4.69) is 0 Å². The van der Waals surface area contributed by atoms with Gasteiger partial charge in [0.05, 0.1) is 12.1 Å². The van der Waals surface area contributed by atoms with E-state index in [9.17, 15) is 0 Å². The monoisotopic (exact) mass is 400 g/mol. The Balaban J connectivity index is -0.00000000889. The summed E-state index contributed by atoms with van der Waals surface area (Å²) < 4.78 is 0. The van der Waals surface area contributed by atoms with Crippen molar-refractivity contribution < 1.29 is 61.3 Å². The molecule has 0 N–H and O–H groups in total. The average molecular weight is 401 g/mol. The molecular formula is C4H6N2Pd3. The molecule has 0 saturated carbocycles. The van der Waals surface area contributed by atoms with Crippen molar-refractivity contribution in [2.24, 2.45) is 0 Å². The second kappa shape index (κ2) is 64.7. The van der Waals surface area contributed by atoms with E-state index >= 15 is 0 Å². The first-order valence-electron chi connectivity index (χ1n) is 1.45. The maximum atomic E-state index is 7.32. The molecule has 5 heteroatoms. The van der Waals surface area contributed by atoms with Crippen molar-refractivity contribution in [3.05, 3.63) is 0 Å². The summed E-state index contributed by atoms with van der Waals surface area (Å²) in [6.45, 7) is 2.86. The van der Waals surface area contributed by atoms with E-state index in [1.807, 2.05) is 0 Å². The molecule has 0 atom stereocenters. The third-order valence-corrected chi connectivity index (χ3v) is 0. The summed E-state index contributed by atoms with van der Waals surface area (Å²) in [5.41, 5.74) is 0. The van der Waals surface area contributed by atoms with E-state index in [0.29, 0.717) is 0 Å². The van der Waals surface area contributed by atoms with Crippen LogP contribution < -0.4 is 0 Å². The zero-order valence-electron chi connectivity index (χ0n) is 4.84. The van der Waals surface area contributed by atoms with Crippen molar-refractivity contribution in [3.63, 3.8) is 0 Å². The Morgan fingerprint density at radius 1 is 0.778 bits per heavy atom. The predicted octanol–water partition coefficient (Wildman–Crippen LogP) is 1.05. The van der Waals surface area contributed by atoms with E-state index in [1.54, 1.807) is 12.1 Å². The molecule has 0 unspecified atom stereocenters. The normalized spacial score (nSPS) is 1.78. The predicted molar refractivity (Wildman–Crippen MR) is 22.6 cm³/mol. The molecule has 0 radical (unpaired) electrons. The Morgan fingerprint density at radius 2 is 0.778 bits per heavy atom. The Kier molecular flexibility index (Phi) is 233. The third-order valence-electron chi connectivity index (χ3n) is 0. The molecule has 9 heavy (non-hydrogen) atoms. The van der Waals surface area contributed by atoms with E-state index in [-0.39, 0.29) is 61.3 Å². The SMILES string of the molecule is CC#N.CC#N.[Pd].[Pd].[Pd]. The minimum atomic E-state index is 0. The Bertz CT molecular complexity index is 68.8. The van der Waals surface area contributed by atoms with Crippen molar-refractivity contribution in [1.82, 2.24) is 0 Å². The molecule has 2 nitrogen and oxygen atoms in total. The van der Waals surface area contributed by atoms with Crippen LogP contribution in [0, 0.1) is 22.7 Å². The molecule has 0 saturated heterocycles. The van der Waals surface area contributed by atoms with Crippen LogP contribution in [-0.2, 0) is 61.3 Å². The Hall–Kier alpha value is 0.967. The zero-order valence-corrected chi connectivity index (χ0v) is 9.51. The molecule has 62 valence electrons. The van der Waals surface area contributed by atoms with Gasteiger partial charge in [0.25, 0.3) is 0 Å². The summed E-state index contributed by atoms with van der Waals surface area (Å²) in [4.78, 5) is 0. The standard InChI is InChI=1S/2C2H3N.3Pd/c2*1-2-3;;;/h2*1H3;;;. The molecule has 0 amide bonds. The van der Waals surface area contributed by atoms with E-state index in [1.165, 1.54) is 13.8 Å². The molecule has 0 aliphatic carbocycles. The fourth-order valence-electron chi connectivity index (χ4n) is 0. The minimum absolute atomic E-state index is 0. The smallest absolute Gasteiger partial charge is 0.0587 e. The molecule has 0 rings (SSSR count). The van der Waals surface area contributed by atoms with Crippen LogP contribution in [0.1, 0.15) is 13.8 Å². The molecule has 0 aromatic carbocycles. The fraction of sp³-hybridized carbons (Fsp3) is 0.500. The molecule has 0 bridgehead atoms. The first-order chi connectivity index (χ1) is 2.83. The first-order valence-corrected chi connectivity index (χ1v) is 1.45. The molecular weight excluding hydrogens is 395 g/mol. The topological polar surface area (TPSA) is 47.6 Å². The van der Waals surface area contributed by atoms with Gasteiger partial charge >= 0.3 is 0 Å². The van der Waals surface area contributed by atoms with Crippen molar-refractivity contribution >= 4 is 0 Å². The quantitative estimate of drug-likeness (QED) is 0.570. The summed E-state index contributed by atoms with van der Waals surface area (Å²) in [6.07, 6.45) is 0. The first kappa shape index (κ1) is 32.5. The van der Waals surface area contributed by atoms with Crippen molar-refractivity contribution in [1.29, 1.82) is 10.5 Å². The number of hydrogen-bond acceptors (Lipinski definition) is 2. The average Bonchev–Trinajstić information content (AvgIpc) is 1.39. The summed E-state index contributed by atoms with van der Waals surface area (Å²) >= 11 is 0. The number of nitriles is 2. The maximum Gasteiger partial charge on any atom is 0.0587 e. The number of rotatable bonds is 0. The molecule has 0 fully saturated rings. The van der Waals surface area contributed by atoms with Crippen LogP contribution in [0.2, 0.25) is 0 Å². The molecule has 0 heterocycles. The molecule has 0 aromatic heterocycles. The largest absolute Gasteiger partial charge is 0.199 e. The number of hydrogen-bond donors (Lipinski definition) is 0. The van der Waals surface area contributed by atoms with Gasteiger partial charge in [0.2, 0.25) is 0 Å². The van der Waals surface area contributed by atoms with Gasteiger partial charge in [-0.25, -0.2) is 0 Å². The van der Waals surface area contributed by atoms with Crippen LogP contribution in [0.5, 0.6) is 0 Å². The van der Waals surface area contributed by atoms with E-state index in [4.69, 9.17) is 10.5 Å². The van der Waals surface area contributed by atoms with Crippen LogP contribution in [0.15, 0.2) is 0 Å².